The molecule has 0 radical (unpaired) electrons. The van der Waals surface area contributed by atoms with Gasteiger partial charge in [-0.3, -0.25) is 14.6 Å². The number of carbonyl (C=O) groups excluding carboxylic acids is 2. The molecule has 0 saturated carbocycles. The highest BCUT2D eigenvalue weighted by molar-refractivity contribution is 5.94. The second-order valence-electron chi connectivity index (χ2n) is 7.89. The number of hydrogen-bond acceptors (Lipinski definition) is 4. The number of aromatic nitrogens is 1. The van der Waals surface area contributed by atoms with Crippen LogP contribution >= 0.6 is 0 Å². The van der Waals surface area contributed by atoms with E-state index in [9.17, 15) is 27.2 Å². The number of nitrogens with zero attached hydrogens (tertiary/aromatic N) is 2. The first-order valence-electron chi connectivity index (χ1n) is 10.1. The lowest BCUT2D eigenvalue weighted by molar-refractivity contribution is -0.192. The Labute approximate surface area is 186 Å². The summed E-state index contributed by atoms with van der Waals surface area (Å²) in [5.41, 5.74) is 0.804. The van der Waals surface area contributed by atoms with Crippen LogP contribution < -0.4 is 5.32 Å². The van der Waals surface area contributed by atoms with Crippen molar-refractivity contribution in [1.29, 1.82) is 0 Å². The summed E-state index contributed by atoms with van der Waals surface area (Å²) in [6.07, 6.45) is -0.508. The van der Waals surface area contributed by atoms with Crippen LogP contribution in [0.25, 0.3) is 0 Å². The van der Waals surface area contributed by atoms with Gasteiger partial charge in [0.25, 0.3) is 5.91 Å². The summed E-state index contributed by atoms with van der Waals surface area (Å²) in [6, 6.07) is 11.2. The van der Waals surface area contributed by atoms with Gasteiger partial charge < -0.3 is 15.3 Å². The molecule has 4 rings (SSSR count). The van der Waals surface area contributed by atoms with Crippen molar-refractivity contribution < 1.29 is 37.1 Å². The quantitative estimate of drug-likeness (QED) is 0.662. The fraction of sp³-hybridized carbons (Fsp3) is 0.364. The van der Waals surface area contributed by atoms with E-state index in [0.717, 1.165) is 18.2 Å². The second-order valence-corrected chi connectivity index (χ2v) is 7.89. The number of benzene rings is 1. The monoisotopic (exact) mass is 467 g/mol. The van der Waals surface area contributed by atoms with E-state index in [0.29, 0.717) is 25.9 Å². The van der Waals surface area contributed by atoms with Crippen molar-refractivity contribution in [3.05, 3.63) is 65.7 Å². The van der Waals surface area contributed by atoms with Crippen molar-refractivity contribution in [2.75, 3.05) is 13.1 Å². The minimum Gasteiger partial charge on any atom is -0.475 e. The zero-order chi connectivity index (χ0) is 24.2. The molecule has 1 aromatic carbocycles. The summed E-state index contributed by atoms with van der Waals surface area (Å²) in [6.45, 7) is 1.00. The summed E-state index contributed by atoms with van der Waals surface area (Å²) < 4.78 is 45.5. The standard InChI is InChI=1S/C20H20FN3O2.C2HF3O2/c21-17-13-22-9-6-15(17)19(26)24-10-7-20(8-11-24)12-16(18(25)23-20)14-4-2-1-3-5-14;3-2(4,5)1(6)7/h1-6,9,13,16H,7-8,10-12H2,(H,23,25);(H,6,7). The third kappa shape index (κ3) is 5.65. The topological polar surface area (TPSA) is 99.6 Å². The molecule has 1 spiro atoms. The Morgan fingerprint density at radius 2 is 1.73 bits per heavy atom. The molecule has 1 unspecified atom stereocenters. The molecule has 3 heterocycles. The Morgan fingerprint density at radius 1 is 1.12 bits per heavy atom. The van der Waals surface area contributed by atoms with Gasteiger partial charge in [0.2, 0.25) is 5.91 Å². The van der Waals surface area contributed by atoms with Gasteiger partial charge >= 0.3 is 12.1 Å². The molecule has 2 aromatic rings. The van der Waals surface area contributed by atoms with Gasteiger partial charge in [-0.25, -0.2) is 9.18 Å². The highest BCUT2D eigenvalue weighted by Gasteiger charge is 2.46. The lowest BCUT2D eigenvalue weighted by Gasteiger charge is -2.39. The van der Waals surface area contributed by atoms with Crippen molar-refractivity contribution in [1.82, 2.24) is 15.2 Å². The molecule has 33 heavy (non-hydrogen) atoms. The predicted octanol–water partition coefficient (Wildman–Crippen LogP) is 3.13. The summed E-state index contributed by atoms with van der Waals surface area (Å²) in [7, 11) is 0. The maximum atomic E-state index is 13.8. The molecule has 11 heteroatoms. The summed E-state index contributed by atoms with van der Waals surface area (Å²) in [5, 5.41) is 10.3. The highest BCUT2D eigenvalue weighted by Crippen LogP contribution is 2.39. The van der Waals surface area contributed by atoms with Crippen LogP contribution in [0.3, 0.4) is 0 Å². The largest absolute Gasteiger partial charge is 0.490 e. The first-order chi connectivity index (χ1) is 15.5. The molecule has 176 valence electrons. The van der Waals surface area contributed by atoms with Crippen molar-refractivity contribution >= 4 is 17.8 Å². The Hall–Kier alpha value is -3.50. The van der Waals surface area contributed by atoms with Crippen molar-refractivity contribution in [2.24, 2.45) is 0 Å². The zero-order valence-electron chi connectivity index (χ0n) is 17.3. The average molecular weight is 467 g/mol. The van der Waals surface area contributed by atoms with Crippen LogP contribution in [0, 0.1) is 5.82 Å². The van der Waals surface area contributed by atoms with Crippen molar-refractivity contribution in [3.8, 4) is 0 Å². The molecular weight excluding hydrogens is 446 g/mol. The van der Waals surface area contributed by atoms with E-state index in [2.05, 4.69) is 10.3 Å². The maximum absolute atomic E-state index is 13.8. The number of carboxylic acid groups (broad SMARTS) is 1. The zero-order valence-corrected chi connectivity index (χ0v) is 17.3. The molecule has 0 aliphatic carbocycles. The predicted molar refractivity (Wildman–Crippen MR) is 108 cm³/mol. The Balaban J connectivity index is 0.000000383. The Bertz CT molecular complexity index is 1020. The lowest BCUT2D eigenvalue weighted by Crippen LogP contribution is -2.52. The van der Waals surface area contributed by atoms with Crippen molar-refractivity contribution in [2.45, 2.75) is 36.9 Å². The average Bonchev–Trinajstić information content (AvgIpc) is 3.10. The molecule has 2 saturated heterocycles. The number of nitrogens with one attached hydrogen (secondary N) is 1. The van der Waals surface area contributed by atoms with Gasteiger partial charge in [0, 0.05) is 24.8 Å². The first kappa shape index (κ1) is 24.1. The SMILES string of the molecule is O=C(O)C(F)(F)F.O=C1NC2(CCN(C(=O)c3ccncc3F)CC2)CC1c1ccccc1. The van der Waals surface area contributed by atoms with E-state index in [-0.39, 0.29) is 28.8 Å². The Morgan fingerprint density at radius 3 is 2.27 bits per heavy atom. The third-order valence-electron chi connectivity index (χ3n) is 5.75. The number of piperidine rings is 1. The second kappa shape index (κ2) is 9.55. The first-order valence-corrected chi connectivity index (χ1v) is 10.1. The van der Waals surface area contributed by atoms with Gasteiger partial charge in [0.05, 0.1) is 17.7 Å². The van der Waals surface area contributed by atoms with Crippen molar-refractivity contribution in [3.63, 3.8) is 0 Å². The summed E-state index contributed by atoms with van der Waals surface area (Å²) in [4.78, 5) is 39.3. The number of halogens is 4. The number of likely N-dealkylation sites (tertiary alicyclic amines) is 1. The van der Waals surface area contributed by atoms with Crippen LogP contribution in [0.1, 0.15) is 41.1 Å². The van der Waals surface area contributed by atoms with E-state index >= 15 is 0 Å². The smallest absolute Gasteiger partial charge is 0.475 e. The van der Waals surface area contributed by atoms with E-state index in [1.165, 1.54) is 12.3 Å². The van der Waals surface area contributed by atoms with Gasteiger partial charge in [-0.05, 0) is 30.9 Å². The van der Waals surface area contributed by atoms with E-state index in [1.54, 1.807) is 4.90 Å². The molecule has 0 bridgehead atoms. The summed E-state index contributed by atoms with van der Waals surface area (Å²) in [5.74, 6) is -3.76. The normalized spacial score (nSPS) is 19.5. The van der Waals surface area contributed by atoms with E-state index in [4.69, 9.17) is 9.90 Å². The maximum Gasteiger partial charge on any atom is 0.490 e. The minimum atomic E-state index is -5.08. The van der Waals surface area contributed by atoms with E-state index in [1.807, 2.05) is 30.3 Å². The third-order valence-corrected chi connectivity index (χ3v) is 5.75. The number of rotatable bonds is 2. The number of carboxylic acids is 1. The molecule has 2 aliphatic heterocycles. The van der Waals surface area contributed by atoms with Crippen LogP contribution in [0.5, 0.6) is 0 Å². The minimum absolute atomic E-state index is 0.0496. The Kier molecular flexibility index (Phi) is 6.99. The van der Waals surface area contributed by atoms with Gasteiger partial charge in [-0.1, -0.05) is 30.3 Å². The highest BCUT2D eigenvalue weighted by atomic mass is 19.4. The summed E-state index contributed by atoms with van der Waals surface area (Å²) >= 11 is 0. The number of aliphatic carboxylic acids is 1. The number of carbonyl (C=O) groups is 3. The van der Waals surface area contributed by atoms with Crippen LogP contribution in [0.4, 0.5) is 17.6 Å². The van der Waals surface area contributed by atoms with Crippen LogP contribution in [0.15, 0.2) is 48.8 Å². The molecule has 1 aromatic heterocycles. The van der Waals surface area contributed by atoms with Gasteiger partial charge in [0.1, 0.15) is 0 Å². The molecule has 2 N–H and O–H groups in total. The fourth-order valence-corrected chi connectivity index (χ4v) is 4.02. The van der Waals surface area contributed by atoms with Crippen LogP contribution in [-0.4, -0.2) is 57.6 Å². The molecular formula is C22H21F4N3O4. The lowest BCUT2D eigenvalue weighted by atomic mass is 9.82. The van der Waals surface area contributed by atoms with Gasteiger partial charge in [-0.2, -0.15) is 13.2 Å². The number of alkyl halides is 3. The van der Waals surface area contributed by atoms with Crippen LogP contribution in [0.2, 0.25) is 0 Å². The molecule has 7 nitrogen and oxygen atoms in total. The van der Waals surface area contributed by atoms with Crippen LogP contribution in [-0.2, 0) is 9.59 Å². The van der Waals surface area contributed by atoms with E-state index < -0.39 is 18.0 Å². The molecule has 1 atom stereocenters. The fourth-order valence-electron chi connectivity index (χ4n) is 4.02. The molecule has 2 aliphatic rings. The van der Waals surface area contributed by atoms with Gasteiger partial charge in [0.15, 0.2) is 5.82 Å². The number of amides is 2. The molecule has 2 fully saturated rings. The number of pyridine rings is 1. The molecule has 2 amide bonds. The number of hydrogen-bond donors (Lipinski definition) is 2. The van der Waals surface area contributed by atoms with Gasteiger partial charge in [-0.15, -0.1) is 0 Å².